The minimum Gasteiger partial charge on any atom is -0.410 e. The number of hydrogen-bond donors (Lipinski definition) is 1. The Morgan fingerprint density at radius 1 is 1.13 bits per heavy atom. The topological polar surface area (TPSA) is 81.5 Å². The molecule has 23 heavy (non-hydrogen) atoms. The molecule has 0 spiro atoms. The van der Waals surface area contributed by atoms with Crippen molar-refractivity contribution in [2.45, 2.75) is 6.42 Å². The summed E-state index contributed by atoms with van der Waals surface area (Å²) in [5.74, 6) is 0.238. The van der Waals surface area contributed by atoms with E-state index in [0.29, 0.717) is 13.0 Å². The van der Waals surface area contributed by atoms with E-state index in [9.17, 15) is 14.9 Å². The van der Waals surface area contributed by atoms with Crippen LogP contribution in [0.2, 0.25) is 0 Å². The maximum Gasteiger partial charge on any atom is 0.412 e. The summed E-state index contributed by atoms with van der Waals surface area (Å²) in [5, 5.41) is 13.1. The Morgan fingerprint density at radius 2 is 1.78 bits per heavy atom. The van der Waals surface area contributed by atoms with Crippen molar-refractivity contribution in [2.75, 3.05) is 6.54 Å². The fourth-order valence-electron chi connectivity index (χ4n) is 1.92. The summed E-state index contributed by atoms with van der Waals surface area (Å²) < 4.78 is 5.04. The zero-order chi connectivity index (χ0) is 16.7. The van der Waals surface area contributed by atoms with Crippen molar-refractivity contribution in [1.29, 1.82) is 0 Å². The molecule has 0 bridgehead atoms. The second kappa shape index (κ2) is 7.74. The fraction of sp³-hybridized carbons (Fsp3) is 0.118. The van der Waals surface area contributed by atoms with Crippen LogP contribution >= 0.6 is 0 Å². The van der Waals surface area contributed by atoms with Gasteiger partial charge in [-0.3, -0.25) is 10.1 Å². The number of carbonyl (C=O) groups is 1. The van der Waals surface area contributed by atoms with Crippen LogP contribution in [0.5, 0.6) is 5.75 Å². The Hall–Kier alpha value is -3.15. The van der Waals surface area contributed by atoms with E-state index in [2.05, 4.69) is 11.9 Å². The smallest absolute Gasteiger partial charge is 0.410 e. The second-order valence-electron chi connectivity index (χ2n) is 4.91. The van der Waals surface area contributed by atoms with Crippen LogP contribution in [0.1, 0.15) is 5.56 Å². The third-order valence-corrected chi connectivity index (χ3v) is 3.04. The number of hydrogen-bond acceptors (Lipinski definition) is 4. The lowest BCUT2D eigenvalue weighted by molar-refractivity contribution is -0.384. The lowest BCUT2D eigenvalue weighted by Gasteiger charge is -2.09. The van der Waals surface area contributed by atoms with Gasteiger partial charge in [-0.15, -0.1) is 0 Å². The first-order chi connectivity index (χ1) is 11.0. The summed E-state index contributed by atoms with van der Waals surface area (Å²) in [6.07, 6.45) is 0.0339. The molecule has 0 atom stereocenters. The molecular formula is C17H16N2O4. The fourth-order valence-corrected chi connectivity index (χ4v) is 1.92. The molecule has 0 heterocycles. The Kier molecular flexibility index (Phi) is 5.46. The van der Waals surface area contributed by atoms with Crippen molar-refractivity contribution in [3.63, 3.8) is 0 Å². The largest absolute Gasteiger partial charge is 0.412 e. The molecule has 0 saturated carbocycles. The monoisotopic (exact) mass is 312 g/mol. The minimum absolute atomic E-state index is 0.0611. The van der Waals surface area contributed by atoms with E-state index >= 15 is 0 Å². The number of benzene rings is 2. The van der Waals surface area contributed by atoms with Gasteiger partial charge in [-0.25, -0.2) is 4.79 Å². The molecule has 6 nitrogen and oxygen atoms in total. The maximum absolute atomic E-state index is 11.7. The number of amides is 1. The van der Waals surface area contributed by atoms with E-state index in [4.69, 9.17) is 4.74 Å². The third-order valence-electron chi connectivity index (χ3n) is 3.04. The van der Waals surface area contributed by atoms with Crippen LogP contribution in [-0.4, -0.2) is 17.6 Å². The van der Waals surface area contributed by atoms with Crippen LogP contribution in [0, 0.1) is 10.1 Å². The quantitative estimate of drug-likeness (QED) is 0.503. The predicted octanol–water partition coefficient (Wildman–Crippen LogP) is 3.48. The third kappa shape index (κ3) is 5.28. The molecule has 2 aromatic rings. The molecule has 0 saturated heterocycles. The van der Waals surface area contributed by atoms with Gasteiger partial charge in [0.05, 0.1) is 4.92 Å². The van der Waals surface area contributed by atoms with E-state index in [-0.39, 0.29) is 11.4 Å². The minimum atomic E-state index is -0.631. The molecular weight excluding hydrogens is 296 g/mol. The Labute approximate surface area is 133 Å². The van der Waals surface area contributed by atoms with E-state index in [0.717, 1.165) is 11.1 Å². The zero-order valence-corrected chi connectivity index (χ0v) is 12.4. The van der Waals surface area contributed by atoms with Crippen molar-refractivity contribution in [1.82, 2.24) is 5.32 Å². The Balaban J connectivity index is 1.78. The lowest BCUT2D eigenvalue weighted by atomic mass is 10.1. The van der Waals surface area contributed by atoms with Crippen molar-refractivity contribution in [3.05, 3.63) is 82.4 Å². The van der Waals surface area contributed by atoms with Gasteiger partial charge >= 0.3 is 6.09 Å². The number of carbonyl (C=O) groups excluding carboxylic acids is 1. The number of non-ortho nitro benzene ring substituents is 1. The number of nitro groups is 1. The summed E-state index contributed by atoms with van der Waals surface area (Å²) in [4.78, 5) is 21.7. The van der Waals surface area contributed by atoms with Crippen LogP contribution in [0.3, 0.4) is 0 Å². The van der Waals surface area contributed by atoms with Crippen molar-refractivity contribution >= 4 is 11.8 Å². The average Bonchev–Trinajstić information content (AvgIpc) is 2.54. The summed E-state index contributed by atoms with van der Waals surface area (Å²) >= 11 is 0. The van der Waals surface area contributed by atoms with Gasteiger partial charge in [0.2, 0.25) is 0 Å². The van der Waals surface area contributed by atoms with Crippen LogP contribution < -0.4 is 10.1 Å². The van der Waals surface area contributed by atoms with Crippen LogP contribution in [0.25, 0.3) is 0 Å². The van der Waals surface area contributed by atoms with Crippen molar-refractivity contribution in [3.8, 4) is 5.75 Å². The van der Waals surface area contributed by atoms with Gasteiger partial charge in [0, 0.05) is 18.7 Å². The average molecular weight is 312 g/mol. The van der Waals surface area contributed by atoms with Gasteiger partial charge in [-0.2, -0.15) is 0 Å². The molecule has 0 fully saturated rings. The highest BCUT2D eigenvalue weighted by Gasteiger charge is 2.08. The van der Waals surface area contributed by atoms with Gasteiger partial charge < -0.3 is 10.1 Å². The van der Waals surface area contributed by atoms with Gasteiger partial charge in [-0.1, -0.05) is 42.5 Å². The number of nitrogens with zero attached hydrogens (tertiary/aromatic N) is 1. The van der Waals surface area contributed by atoms with E-state index in [1.807, 2.05) is 30.3 Å². The normalized spacial score (nSPS) is 9.91. The summed E-state index contributed by atoms with van der Waals surface area (Å²) in [5.41, 5.74) is 1.90. The highest BCUT2D eigenvalue weighted by atomic mass is 16.6. The van der Waals surface area contributed by atoms with Crippen molar-refractivity contribution < 1.29 is 14.5 Å². The first-order valence-electron chi connectivity index (χ1n) is 6.95. The molecule has 0 aliphatic carbocycles. The van der Waals surface area contributed by atoms with Crippen LogP contribution in [0.4, 0.5) is 10.5 Å². The SMILES string of the molecule is C=C(CNC(=O)Oc1ccc([N+](=O)[O-])cc1)Cc1ccccc1. The zero-order valence-electron chi connectivity index (χ0n) is 12.4. The van der Waals surface area contributed by atoms with Crippen LogP contribution in [-0.2, 0) is 6.42 Å². The molecule has 0 aromatic heterocycles. The standard InChI is InChI=1S/C17H16N2O4/c1-13(11-14-5-3-2-4-6-14)12-18-17(20)23-16-9-7-15(8-10-16)19(21)22/h2-10H,1,11-12H2,(H,18,20). The molecule has 2 rings (SSSR count). The Bertz CT molecular complexity index is 696. The van der Waals surface area contributed by atoms with Gasteiger partial charge in [0.1, 0.15) is 5.75 Å². The van der Waals surface area contributed by atoms with E-state index < -0.39 is 11.0 Å². The van der Waals surface area contributed by atoms with Crippen molar-refractivity contribution in [2.24, 2.45) is 0 Å². The molecule has 6 heteroatoms. The summed E-state index contributed by atoms with van der Waals surface area (Å²) in [6, 6.07) is 15.1. The van der Waals surface area contributed by atoms with Gasteiger partial charge in [0.25, 0.3) is 5.69 Å². The lowest BCUT2D eigenvalue weighted by Crippen LogP contribution is -2.28. The number of rotatable bonds is 6. The molecule has 0 radical (unpaired) electrons. The first-order valence-corrected chi connectivity index (χ1v) is 6.95. The molecule has 0 aliphatic rings. The van der Waals surface area contributed by atoms with Gasteiger partial charge in [-0.05, 0) is 24.1 Å². The molecule has 1 amide bonds. The first kappa shape index (κ1) is 16.2. The summed E-state index contributed by atoms with van der Waals surface area (Å²) in [6.45, 7) is 4.21. The highest BCUT2D eigenvalue weighted by Crippen LogP contribution is 2.17. The predicted molar refractivity (Wildman–Crippen MR) is 86.4 cm³/mol. The summed E-state index contributed by atoms with van der Waals surface area (Å²) in [7, 11) is 0. The van der Waals surface area contributed by atoms with Gasteiger partial charge in [0.15, 0.2) is 0 Å². The van der Waals surface area contributed by atoms with Crippen LogP contribution in [0.15, 0.2) is 66.7 Å². The number of nitrogens with one attached hydrogen (secondary N) is 1. The molecule has 0 aliphatic heterocycles. The maximum atomic E-state index is 11.7. The number of nitro benzene ring substituents is 1. The van der Waals surface area contributed by atoms with E-state index in [1.54, 1.807) is 0 Å². The molecule has 2 aromatic carbocycles. The van der Waals surface area contributed by atoms with E-state index in [1.165, 1.54) is 24.3 Å². The second-order valence-corrected chi connectivity index (χ2v) is 4.91. The number of ether oxygens (including phenoxy) is 1. The molecule has 118 valence electrons. The highest BCUT2D eigenvalue weighted by molar-refractivity contribution is 5.70. The Morgan fingerprint density at radius 3 is 2.39 bits per heavy atom. The molecule has 1 N–H and O–H groups in total. The molecule has 0 unspecified atom stereocenters.